The summed E-state index contributed by atoms with van der Waals surface area (Å²) >= 11 is 0. The zero-order chi connectivity index (χ0) is 8.81. The average Bonchev–Trinajstić information content (AvgIpc) is 2.46. The molecular formula is C8H14N4. The van der Waals surface area contributed by atoms with E-state index in [1.807, 2.05) is 13.1 Å². The van der Waals surface area contributed by atoms with Crippen LogP contribution in [0.4, 0.5) is 0 Å². The molecule has 0 saturated heterocycles. The van der Waals surface area contributed by atoms with Crippen molar-refractivity contribution in [2.75, 3.05) is 6.54 Å². The summed E-state index contributed by atoms with van der Waals surface area (Å²) in [5.41, 5.74) is 1.10. The van der Waals surface area contributed by atoms with Crippen LogP contribution in [-0.4, -0.2) is 21.5 Å². The molecule has 0 aliphatic heterocycles. The van der Waals surface area contributed by atoms with Crippen LogP contribution in [0.3, 0.4) is 0 Å². The Hall–Kier alpha value is -1.16. The summed E-state index contributed by atoms with van der Waals surface area (Å²) in [5, 5.41) is 10.9. The third-order valence-corrected chi connectivity index (χ3v) is 1.64. The third kappa shape index (κ3) is 2.47. The van der Waals surface area contributed by atoms with Gasteiger partial charge in [-0.15, -0.1) is 11.7 Å². The van der Waals surface area contributed by atoms with E-state index in [1.54, 1.807) is 10.9 Å². The van der Waals surface area contributed by atoms with Gasteiger partial charge in [-0.2, -0.15) is 0 Å². The van der Waals surface area contributed by atoms with E-state index in [9.17, 15) is 0 Å². The lowest BCUT2D eigenvalue weighted by Gasteiger charge is -2.01. The second-order valence-electron chi connectivity index (χ2n) is 2.60. The van der Waals surface area contributed by atoms with Gasteiger partial charge in [-0.1, -0.05) is 11.3 Å². The highest BCUT2D eigenvalue weighted by Gasteiger charge is 1.96. The van der Waals surface area contributed by atoms with Crippen molar-refractivity contribution in [1.29, 1.82) is 0 Å². The lowest BCUT2D eigenvalue weighted by Crippen LogP contribution is -2.16. The molecule has 0 radical (unpaired) electrons. The molecule has 0 unspecified atom stereocenters. The van der Waals surface area contributed by atoms with Crippen LogP contribution in [0.15, 0.2) is 18.9 Å². The predicted molar refractivity (Wildman–Crippen MR) is 47.5 cm³/mol. The van der Waals surface area contributed by atoms with E-state index < -0.39 is 0 Å². The normalized spacial score (nSPS) is 10.1. The number of nitrogens with zero attached hydrogens (tertiary/aromatic N) is 3. The summed E-state index contributed by atoms with van der Waals surface area (Å²) in [7, 11) is 1.89. The fourth-order valence-corrected chi connectivity index (χ4v) is 0.892. The Bertz CT molecular complexity index is 241. The van der Waals surface area contributed by atoms with Crippen LogP contribution < -0.4 is 5.32 Å². The molecule has 4 nitrogen and oxygen atoms in total. The summed E-state index contributed by atoms with van der Waals surface area (Å²) < 4.78 is 1.76. The molecule has 1 N–H and O–H groups in total. The number of nitrogens with one attached hydrogen (secondary N) is 1. The van der Waals surface area contributed by atoms with E-state index in [4.69, 9.17) is 0 Å². The van der Waals surface area contributed by atoms with Gasteiger partial charge in [-0.05, 0) is 13.0 Å². The molecule has 4 heteroatoms. The van der Waals surface area contributed by atoms with Crippen LogP contribution in [0.25, 0.3) is 0 Å². The molecule has 12 heavy (non-hydrogen) atoms. The maximum absolute atomic E-state index is 3.82. The van der Waals surface area contributed by atoms with Gasteiger partial charge in [0.25, 0.3) is 0 Å². The zero-order valence-corrected chi connectivity index (χ0v) is 7.32. The standard InChI is InChI=1S/C8H14N4/c1-3-4-5-9-6-8-7-10-11-12(8)2/h3,7,9H,1,4-6H2,2H3. The first-order valence-electron chi connectivity index (χ1n) is 3.99. The third-order valence-electron chi connectivity index (χ3n) is 1.64. The van der Waals surface area contributed by atoms with Crippen LogP contribution in [0, 0.1) is 0 Å². The van der Waals surface area contributed by atoms with E-state index in [0.29, 0.717) is 0 Å². The Morgan fingerprint density at radius 3 is 3.17 bits per heavy atom. The fraction of sp³-hybridized carbons (Fsp3) is 0.500. The second kappa shape index (κ2) is 4.66. The van der Waals surface area contributed by atoms with Gasteiger partial charge in [0, 0.05) is 13.6 Å². The largest absolute Gasteiger partial charge is 0.311 e. The molecule has 1 rings (SSSR count). The van der Waals surface area contributed by atoms with Gasteiger partial charge in [0.05, 0.1) is 11.9 Å². The van der Waals surface area contributed by atoms with Gasteiger partial charge < -0.3 is 5.32 Å². The fourth-order valence-electron chi connectivity index (χ4n) is 0.892. The highest BCUT2D eigenvalue weighted by Crippen LogP contribution is 1.91. The lowest BCUT2D eigenvalue weighted by molar-refractivity contribution is 0.620. The van der Waals surface area contributed by atoms with E-state index in [1.165, 1.54) is 0 Å². The van der Waals surface area contributed by atoms with Crippen molar-refractivity contribution >= 4 is 0 Å². The van der Waals surface area contributed by atoms with Crippen LogP contribution in [0.1, 0.15) is 12.1 Å². The van der Waals surface area contributed by atoms with Gasteiger partial charge in [0.2, 0.25) is 0 Å². The van der Waals surface area contributed by atoms with E-state index in [0.717, 1.165) is 25.2 Å². The number of aromatic nitrogens is 3. The minimum Gasteiger partial charge on any atom is -0.311 e. The number of hydrogen-bond acceptors (Lipinski definition) is 3. The lowest BCUT2D eigenvalue weighted by atomic mass is 10.4. The first kappa shape index (κ1) is 8.93. The van der Waals surface area contributed by atoms with Gasteiger partial charge in [-0.25, -0.2) is 0 Å². The Kier molecular flexibility index (Phi) is 3.47. The summed E-state index contributed by atoms with van der Waals surface area (Å²) in [6, 6.07) is 0. The molecule has 0 spiro atoms. The Balaban J connectivity index is 2.24. The van der Waals surface area contributed by atoms with Crippen LogP contribution >= 0.6 is 0 Å². The molecule has 1 heterocycles. The summed E-state index contributed by atoms with van der Waals surface area (Å²) in [5.74, 6) is 0. The molecule has 0 bridgehead atoms. The van der Waals surface area contributed by atoms with Crippen molar-refractivity contribution in [3.8, 4) is 0 Å². The zero-order valence-electron chi connectivity index (χ0n) is 7.32. The minimum absolute atomic E-state index is 0.817. The molecule has 0 atom stereocenters. The minimum atomic E-state index is 0.817. The predicted octanol–water partition coefficient (Wildman–Crippen LogP) is 0.481. The van der Waals surface area contributed by atoms with Gasteiger partial charge in [-0.3, -0.25) is 4.68 Å². The molecule has 0 aliphatic rings. The van der Waals surface area contributed by atoms with Crippen LogP contribution in [0.5, 0.6) is 0 Å². The van der Waals surface area contributed by atoms with Crippen molar-refractivity contribution in [2.24, 2.45) is 7.05 Å². The summed E-state index contributed by atoms with van der Waals surface area (Å²) in [6.45, 7) is 5.41. The highest BCUT2D eigenvalue weighted by atomic mass is 15.4. The molecule has 0 aliphatic carbocycles. The molecule has 0 aromatic carbocycles. The van der Waals surface area contributed by atoms with Crippen LogP contribution in [0.2, 0.25) is 0 Å². The average molecular weight is 166 g/mol. The van der Waals surface area contributed by atoms with Crippen molar-refractivity contribution in [2.45, 2.75) is 13.0 Å². The molecule has 0 amide bonds. The van der Waals surface area contributed by atoms with Crippen molar-refractivity contribution in [1.82, 2.24) is 20.3 Å². The Labute approximate surface area is 72.3 Å². The van der Waals surface area contributed by atoms with Crippen molar-refractivity contribution in [3.63, 3.8) is 0 Å². The molecule has 0 fully saturated rings. The summed E-state index contributed by atoms with van der Waals surface area (Å²) in [6.07, 6.45) is 4.65. The van der Waals surface area contributed by atoms with Crippen molar-refractivity contribution in [3.05, 3.63) is 24.5 Å². The number of aryl methyl sites for hydroxylation is 1. The number of rotatable bonds is 5. The Morgan fingerprint density at radius 1 is 1.75 bits per heavy atom. The van der Waals surface area contributed by atoms with Gasteiger partial charge in [0.1, 0.15) is 0 Å². The van der Waals surface area contributed by atoms with E-state index in [2.05, 4.69) is 22.2 Å². The quantitative estimate of drug-likeness (QED) is 0.511. The number of hydrogen-bond donors (Lipinski definition) is 1. The molecular weight excluding hydrogens is 152 g/mol. The van der Waals surface area contributed by atoms with Crippen LogP contribution in [-0.2, 0) is 13.6 Å². The van der Waals surface area contributed by atoms with Crippen molar-refractivity contribution < 1.29 is 0 Å². The highest BCUT2D eigenvalue weighted by molar-refractivity contribution is 4.92. The monoisotopic (exact) mass is 166 g/mol. The van der Waals surface area contributed by atoms with E-state index in [-0.39, 0.29) is 0 Å². The molecule has 1 aromatic heterocycles. The molecule has 1 aromatic rings. The maximum Gasteiger partial charge on any atom is 0.0738 e. The van der Waals surface area contributed by atoms with Gasteiger partial charge >= 0.3 is 0 Å². The Morgan fingerprint density at radius 2 is 2.58 bits per heavy atom. The second-order valence-corrected chi connectivity index (χ2v) is 2.60. The van der Waals surface area contributed by atoms with Gasteiger partial charge in [0.15, 0.2) is 0 Å². The van der Waals surface area contributed by atoms with E-state index >= 15 is 0 Å². The smallest absolute Gasteiger partial charge is 0.0738 e. The topological polar surface area (TPSA) is 42.7 Å². The molecule has 0 saturated carbocycles. The first-order valence-corrected chi connectivity index (χ1v) is 3.99. The maximum atomic E-state index is 3.82. The SMILES string of the molecule is C=CCCNCc1cnnn1C. The first-order chi connectivity index (χ1) is 5.84. The molecule has 66 valence electrons. The summed E-state index contributed by atoms with van der Waals surface area (Å²) in [4.78, 5) is 0.